The molecule has 0 bridgehead atoms. The molecule has 0 saturated heterocycles. The summed E-state index contributed by atoms with van der Waals surface area (Å²) in [5.74, 6) is 0. The Balaban J connectivity index is -0.0000000150. The maximum atomic E-state index is 7.17. The molecule has 4 nitrogen and oxygen atoms in total. The fourth-order valence-corrected chi connectivity index (χ4v) is 0. The molecule has 7 heteroatoms. The Hall–Kier alpha value is 1.83. The van der Waals surface area contributed by atoms with Gasteiger partial charge in [0.1, 0.15) is 0 Å². The zero-order valence-corrected chi connectivity index (χ0v) is 7.68. The Morgan fingerprint density at radius 3 is 1.00 bits per heavy atom. The summed E-state index contributed by atoms with van der Waals surface area (Å²) in [6, 6.07) is 0. The first-order chi connectivity index (χ1) is 1.73. The van der Waals surface area contributed by atoms with Crippen LogP contribution in [0.1, 0.15) is 0 Å². The first-order valence-electron chi connectivity index (χ1n) is 0.775. The normalized spacial score (nSPS) is 3.86. The molecule has 0 aliphatic heterocycles. The molecule has 0 fully saturated rings. The van der Waals surface area contributed by atoms with E-state index in [9.17, 15) is 0 Å². The molecule has 40 valence electrons. The number of halogens is 1. The van der Waals surface area contributed by atoms with E-state index in [0.717, 1.165) is 0 Å². The Kier molecular flexibility index (Phi) is 51.9. The molecule has 0 rings (SSSR count). The van der Waals surface area contributed by atoms with Crippen LogP contribution in [0.3, 0.4) is 0 Å². The molecule has 0 amide bonds. The van der Waals surface area contributed by atoms with Gasteiger partial charge in [0.25, 0.3) is 0 Å². The van der Waals surface area contributed by atoms with Gasteiger partial charge in [-0.1, -0.05) is 0 Å². The fraction of sp³-hybridized carbons (Fsp3) is 0. The van der Waals surface area contributed by atoms with Gasteiger partial charge in [-0.05, 0) is 0 Å². The van der Waals surface area contributed by atoms with Crippen molar-refractivity contribution in [1.82, 2.24) is 0 Å². The van der Waals surface area contributed by atoms with Crippen molar-refractivity contribution in [3.63, 3.8) is 0 Å². The molecule has 0 saturated carbocycles. The largest absolute Gasteiger partial charge is 1.00 e. The first kappa shape index (κ1) is 23.2. The molecular weight excluding hydrogens is 149 g/mol. The third-order valence-electron chi connectivity index (χ3n) is 0. The van der Waals surface area contributed by atoms with E-state index in [1.54, 1.807) is 0 Å². The summed E-state index contributed by atoms with van der Waals surface area (Å²) in [6.45, 7) is 0. The van der Waals surface area contributed by atoms with Crippen LogP contribution in [-0.2, 0) is 0 Å². The summed E-state index contributed by atoms with van der Waals surface area (Å²) in [7, 11) is -2.17. The predicted octanol–water partition coefficient (Wildman–Crippen LogP) is -8.87. The third-order valence-corrected chi connectivity index (χ3v) is 0. The van der Waals surface area contributed by atoms with Crippen molar-refractivity contribution in [2.24, 2.45) is 0 Å². The van der Waals surface area contributed by atoms with Gasteiger partial charge < -0.3 is 33.0 Å². The molecule has 0 radical (unpaired) electrons. The van der Waals surface area contributed by atoms with Crippen LogP contribution in [0.25, 0.3) is 0 Å². The average Bonchev–Trinajstić information content (AvgIpc) is 0.811. The van der Waals surface area contributed by atoms with Gasteiger partial charge in [0.15, 0.2) is 0 Å². The SMILES string of the molecule is O.OB(O)O.[Cl-].[K+]. The van der Waals surface area contributed by atoms with Gasteiger partial charge in [-0.15, -0.1) is 0 Å². The second-order valence-corrected chi connectivity index (χ2v) is 0.346. The summed E-state index contributed by atoms with van der Waals surface area (Å²) < 4.78 is 0. The van der Waals surface area contributed by atoms with E-state index in [1.165, 1.54) is 0 Å². The van der Waals surface area contributed by atoms with E-state index in [-0.39, 0.29) is 69.3 Å². The Bertz CT molecular complexity index is 16.4. The summed E-state index contributed by atoms with van der Waals surface area (Å²) in [4.78, 5) is 0. The van der Waals surface area contributed by atoms with Gasteiger partial charge >= 0.3 is 58.7 Å². The molecule has 5 N–H and O–H groups in total. The molecule has 0 spiro atoms. The predicted molar refractivity (Wildman–Crippen MR) is 16.0 cm³/mol. The Morgan fingerprint density at radius 2 is 1.00 bits per heavy atom. The van der Waals surface area contributed by atoms with Crippen LogP contribution >= 0.6 is 0 Å². The Labute approximate surface area is 90.2 Å². The Morgan fingerprint density at radius 1 is 1.00 bits per heavy atom. The standard InChI is InChI=1S/BH3O3.ClH.K.H2O/c2-1(3)4;;;/h2-4H;1H;;1H2/q;;+1;/p-1. The zero-order chi connectivity index (χ0) is 3.58. The quantitative estimate of drug-likeness (QED) is 0.303. The van der Waals surface area contributed by atoms with Gasteiger partial charge in [-0.25, -0.2) is 0 Å². The fourth-order valence-electron chi connectivity index (χ4n) is 0. The van der Waals surface area contributed by atoms with Crippen LogP contribution in [0.15, 0.2) is 0 Å². The van der Waals surface area contributed by atoms with Crippen molar-refractivity contribution < 1.29 is 84.3 Å². The molecule has 0 aromatic carbocycles. The van der Waals surface area contributed by atoms with Gasteiger partial charge in [0.2, 0.25) is 0 Å². The molecule has 0 aliphatic rings. The van der Waals surface area contributed by atoms with Crippen molar-refractivity contribution in [1.29, 1.82) is 0 Å². The van der Waals surface area contributed by atoms with Gasteiger partial charge in [-0.3, -0.25) is 0 Å². The van der Waals surface area contributed by atoms with Gasteiger partial charge in [0, 0.05) is 0 Å². The number of hydrogen-bond donors (Lipinski definition) is 3. The maximum absolute atomic E-state index is 7.17. The molecule has 0 atom stereocenters. The van der Waals surface area contributed by atoms with Crippen molar-refractivity contribution in [3.8, 4) is 0 Å². The minimum Gasteiger partial charge on any atom is -1.00 e. The van der Waals surface area contributed by atoms with Gasteiger partial charge in [-0.2, -0.15) is 0 Å². The summed E-state index contributed by atoms with van der Waals surface area (Å²) >= 11 is 0. The van der Waals surface area contributed by atoms with E-state index in [4.69, 9.17) is 15.1 Å². The van der Waals surface area contributed by atoms with Crippen molar-refractivity contribution in [2.45, 2.75) is 0 Å². The monoisotopic (exact) mass is 154 g/mol. The minimum atomic E-state index is -2.17. The second kappa shape index (κ2) is 15.7. The number of hydrogen-bond acceptors (Lipinski definition) is 3. The van der Waals surface area contributed by atoms with Crippen LogP contribution in [-0.4, -0.2) is 27.9 Å². The summed E-state index contributed by atoms with van der Waals surface area (Å²) in [5.41, 5.74) is 0. The van der Waals surface area contributed by atoms with Crippen LogP contribution in [0, 0.1) is 0 Å². The zero-order valence-electron chi connectivity index (χ0n) is 3.80. The minimum absolute atomic E-state index is 0. The van der Waals surface area contributed by atoms with E-state index in [0.29, 0.717) is 0 Å². The second-order valence-electron chi connectivity index (χ2n) is 0.346. The molecular formula is H5BClKO4. The summed E-state index contributed by atoms with van der Waals surface area (Å²) in [6.07, 6.45) is 0. The van der Waals surface area contributed by atoms with Gasteiger partial charge in [0.05, 0.1) is 0 Å². The average molecular weight is 154 g/mol. The van der Waals surface area contributed by atoms with E-state index >= 15 is 0 Å². The molecule has 0 aromatic heterocycles. The molecule has 0 unspecified atom stereocenters. The van der Waals surface area contributed by atoms with Crippen LogP contribution in [0.2, 0.25) is 0 Å². The summed E-state index contributed by atoms with van der Waals surface area (Å²) in [5, 5.41) is 21.5. The molecule has 0 heterocycles. The molecule has 0 aromatic rings. The van der Waals surface area contributed by atoms with E-state index in [2.05, 4.69) is 0 Å². The first-order valence-corrected chi connectivity index (χ1v) is 0.775. The van der Waals surface area contributed by atoms with Crippen molar-refractivity contribution in [3.05, 3.63) is 0 Å². The van der Waals surface area contributed by atoms with Crippen molar-refractivity contribution in [2.75, 3.05) is 0 Å². The van der Waals surface area contributed by atoms with Crippen LogP contribution < -0.4 is 63.8 Å². The smallest absolute Gasteiger partial charge is 1.00 e. The van der Waals surface area contributed by atoms with Crippen LogP contribution in [0.5, 0.6) is 0 Å². The van der Waals surface area contributed by atoms with Crippen molar-refractivity contribution >= 4 is 7.32 Å². The van der Waals surface area contributed by atoms with E-state index in [1.807, 2.05) is 0 Å². The number of rotatable bonds is 0. The topological polar surface area (TPSA) is 92.2 Å². The molecule has 0 aliphatic carbocycles. The third kappa shape index (κ3) is 79.4. The maximum Gasteiger partial charge on any atom is 1.00 e. The molecule has 7 heavy (non-hydrogen) atoms. The van der Waals surface area contributed by atoms with Crippen LogP contribution in [0.4, 0.5) is 0 Å². The van der Waals surface area contributed by atoms with E-state index < -0.39 is 7.32 Å².